The fourth-order valence-corrected chi connectivity index (χ4v) is 3.18. The van der Waals surface area contributed by atoms with Crippen LogP contribution in [0.25, 0.3) is 5.69 Å². The van der Waals surface area contributed by atoms with Crippen molar-refractivity contribution in [2.24, 2.45) is 0 Å². The number of carbonyl (C=O) groups excluding carboxylic acids is 1. The van der Waals surface area contributed by atoms with Crippen molar-refractivity contribution in [3.63, 3.8) is 0 Å². The Kier molecular flexibility index (Phi) is 6.49. The third-order valence-electron chi connectivity index (χ3n) is 5.07. The molecule has 1 aromatic heterocycles. The lowest BCUT2D eigenvalue weighted by Gasteiger charge is -2.26. The molecule has 0 fully saturated rings. The maximum Gasteiger partial charge on any atom is 0.317 e. The fraction of sp³-hybridized carbons (Fsp3) is 0.318. The first kappa shape index (κ1) is 20.4. The summed E-state index contributed by atoms with van der Waals surface area (Å²) in [6.07, 6.45) is 3.87. The molecule has 3 aromatic rings. The van der Waals surface area contributed by atoms with Gasteiger partial charge in [-0.2, -0.15) is 5.10 Å². The van der Waals surface area contributed by atoms with Crippen LogP contribution in [0.1, 0.15) is 29.7 Å². The first-order valence-electron chi connectivity index (χ1n) is 9.58. The summed E-state index contributed by atoms with van der Waals surface area (Å²) in [7, 11) is 3.47. The van der Waals surface area contributed by atoms with E-state index in [1.54, 1.807) is 30.1 Å². The van der Waals surface area contributed by atoms with Crippen LogP contribution in [0.3, 0.4) is 0 Å². The zero-order valence-corrected chi connectivity index (χ0v) is 17.3. The van der Waals surface area contributed by atoms with E-state index < -0.39 is 0 Å². The van der Waals surface area contributed by atoms with Crippen molar-refractivity contribution in [2.45, 2.75) is 26.3 Å². The lowest BCUT2D eigenvalue weighted by atomic mass is 10.1. The molecule has 1 N–H and O–H groups in total. The summed E-state index contributed by atoms with van der Waals surface area (Å²) in [5.74, 6) is 0.846. The minimum atomic E-state index is -0.107. The molecule has 0 radical (unpaired) electrons. The molecule has 0 bridgehead atoms. The van der Waals surface area contributed by atoms with Gasteiger partial charge in [-0.05, 0) is 49.6 Å². The third-order valence-corrected chi connectivity index (χ3v) is 5.07. The van der Waals surface area contributed by atoms with Crippen molar-refractivity contribution in [3.05, 3.63) is 71.8 Å². The number of methoxy groups -OCH3 is 1. The van der Waals surface area contributed by atoms with E-state index >= 15 is 0 Å². The van der Waals surface area contributed by atoms with Crippen molar-refractivity contribution < 1.29 is 9.53 Å². The van der Waals surface area contributed by atoms with Crippen LogP contribution in [-0.2, 0) is 6.42 Å². The van der Waals surface area contributed by atoms with Crippen molar-refractivity contribution in [1.82, 2.24) is 25.0 Å². The van der Waals surface area contributed by atoms with E-state index in [0.29, 0.717) is 13.0 Å². The van der Waals surface area contributed by atoms with Gasteiger partial charge in [0.2, 0.25) is 0 Å². The van der Waals surface area contributed by atoms with Crippen LogP contribution in [-0.4, -0.2) is 46.4 Å². The molecular weight excluding hydrogens is 366 g/mol. The molecule has 152 valence electrons. The number of urea groups is 1. The molecule has 2 amide bonds. The first-order chi connectivity index (χ1) is 14.0. The zero-order chi connectivity index (χ0) is 20.8. The third kappa shape index (κ3) is 4.93. The number of nitrogens with one attached hydrogen (secondary N) is 1. The van der Waals surface area contributed by atoms with Gasteiger partial charge in [0.1, 0.15) is 18.4 Å². The second-order valence-corrected chi connectivity index (χ2v) is 7.02. The van der Waals surface area contributed by atoms with Crippen molar-refractivity contribution >= 4 is 6.03 Å². The number of nitrogens with zero attached hydrogens (tertiary/aromatic N) is 4. The van der Waals surface area contributed by atoms with Gasteiger partial charge in [0.25, 0.3) is 0 Å². The molecule has 7 nitrogen and oxygen atoms in total. The number of ether oxygens (including phenoxy) is 1. The predicted octanol–water partition coefficient (Wildman–Crippen LogP) is 3.53. The van der Waals surface area contributed by atoms with Crippen molar-refractivity contribution in [2.75, 3.05) is 20.7 Å². The molecule has 7 heteroatoms. The number of hydrogen-bond acceptors (Lipinski definition) is 4. The quantitative estimate of drug-likeness (QED) is 0.667. The van der Waals surface area contributed by atoms with Gasteiger partial charge >= 0.3 is 6.03 Å². The standard InChI is InChI=1S/C22H27N5O2/c1-16-5-10-21(29-4)19(13-16)11-12-24-22(28)26(3)17(2)18-6-8-20(9-7-18)27-15-23-14-25-27/h5-10,13-15,17H,11-12H2,1-4H3,(H,24,28). The van der Waals surface area contributed by atoms with E-state index in [9.17, 15) is 4.79 Å². The molecule has 0 spiro atoms. The molecular formula is C22H27N5O2. The molecule has 3 rings (SSSR count). The van der Waals surface area contributed by atoms with Gasteiger partial charge in [0, 0.05) is 13.6 Å². The maximum absolute atomic E-state index is 12.6. The zero-order valence-electron chi connectivity index (χ0n) is 17.3. The summed E-state index contributed by atoms with van der Waals surface area (Å²) in [6, 6.07) is 13.8. The maximum atomic E-state index is 12.6. The molecule has 1 heterocycles. The Morgan fingerprint density at radius 1 is 1.24 bits per heavy atom. The minimum Gasteiger partial charge on any atom is -0.496 e. The molecule has 1 atom stereocenters. The molecule has 0 aliphatic heterocycles. The van der Waals surface area contributed by atoms with E-state index in [1.165, 1.54) is 11.9 Å². The van der Waals surface area contributed by atoms with Crippen LogP contribution >= 0.6 is 0 Å². The van der Waals surface area contributed by atoms with Gasteiger partial charge in [-0.1, -0.05) is 29.8 Å². The average Bonchev–Trinajstić information content (AvgIpc) is 3.28. The van der Waals surface area contributed by atoms with Gasteiger partial charge in [-0.25, -0.2) is 14.5 Å². The monoisotopic (exact) mass is 393 g/mol. The minimum absolute atomic E-state index is 0.0618. The van der Waals surface area contributed by atoms with E-state index in [-0.39, 0.29) is 12.1 Å². The highest BCUT2D eigenvalue weighted by Gasteiger charge is 2.17. The molecule has 0 saturated carbocycles. The van der Waals surface area contributed by atoms with E-state index in [1.807, 2.05) is 50.2 Å². The lowest BCUT2D eigenvalue weighted by Crippen LogP contribution is -2.39. The molecule has 29 heavy (non-hydrogen) atoms. The first-order valence-corrected chi connectivity index (χ1v) is 9.58. The highest BCUT2D eigenvalue weighted by atomic mass is 16.5. The highest BCUT2D eigenvalue weighted by molar-refractivity contribution is 5.74. The Labute approximate surface area is 171 Å². The topological polar surface area (TPSA) is 72.3 Å². The van der Waals surface area contributed by atoms with Gasteiger partial charge in [0.15, 0.2) is 0 Å². The molecule has 0 aliphatic carbocycles. The number of rotatable bonds is 7. The van der Waals surface area contributed by atoms with Crippen LogP contribution in [0.15, 0.2) is 55.1 Å². The fourth-order valence-electron chi connectivity index (χ4n) is 3.18. The van der Waals surface area contributed by atoms with Crippen LogP contribution < -0.4 is 10.1 Å². The molecule has 0 aliphatic rings. The molecule has 0 saturated heterocycles. The van der Waals surface area contributed by atoms with Crippen LogP contribution in [0.4, 0.5) is 4.79 Å². The SMILES string of the molecule is COc1ccc(C)cc1CCNC(=O)N(C)C(C)c1ccc(-n2cncn2)cc1. The largest absolute Gasteiger partial charge is 0.496 e. The number of aromatic nitrogens is 3. The van der Waals surface area contributed by atoms with Gasteiger partial charge in [-0.15, -0.1) is 0 Å². The summed E-state index contributed by atoms with van der Waals surface area (Å²) in [4.78, 5) is 18.2. The van der Waals surface area contributed by atoms with E-state index in [2.05, 4.69) is 21.5 Å². The predicted molar refractivity (Wildman–Crippen MR) is 112 cm³/mol. The van der Waals surface area contributed by atoms with Crippen molar-refractivity contribution in [1.29, 1.82) is 0 Å². The highest BCUT2D eigenvalue weighted by Crippen LogP contribution is 2.21. The van der Waals surface area contributed by atoms with Gasteiger partial charge < -0.3 is 15.0 Å². The number of amides is 2. The Bertz CT molecular complexity index is 938. The Hall–Kier alpha value is -3.35. The second-order valence-electron chi connectivity index (χ2n) is 7.02. The normalized spacial score (nSPS) is 11.7. The summed E-state index contributed by atoms with van der Waals surface area (Å²) in [5.41, 5.74) is 4.24. The van der Waals surface area contributed by atoms with Gasteiger partial charge in [-0.3, -0.25) is 0 Å². The van der Waals surface area contributed by atoms with Crippen LogP contribution in [0, 0.1) is 6.92 Å². The Morgan fingerprint density at radius 3 is 2.66 bits per heavy atom. The lowest BCUT2D eigenvalue weighted by molar-refractivity contribution is 0.194. The number of hydrogen-bond donors (Lipinski definition) is 1. The number of carbonyl (C=O) groups is 1. The smallest absolute Gasteiger partial charge is 0.317 e. The van der Waals surface area contributed by atoms with Crippen LogP contribution in [0.5, 0.6) is 5.75 Å². The summed E-state index contributed by atoms with van der Waals surface area (Å²) in [6.45, 7) is 4.60. The van der Waals surface area contributed by atoms with Crippen molar-refractivity contribution in [3.8, 4) is 11.4 Å². The summed E-state index contributed by atoms with van der Waals surface area (Å²) in [5, 5.41) is 7.12. The summed E-state index contributed by atoms with van der Waals surface area (Å²) < 4.78 is 7.10. The second kappa shape index (κ2) is 9.23. The number of aryl methyl sites for hydroxylation is 1. The average molecular weight is 393 g/mol. The Balaban J connectivity index is 1.56. The Morgan fingerprint density at radius 2 is 2.00 bits per heavy atom. The molecule has 1 unspecified atom stereocenters. The van der Waals surface area contributed by atoms with E-state index in [4.69, 9.17) is 4.74 Å². The van der Waals surface area contributed by atoms with E-state index in [0.717, 1.165) is 22.6 Å². The number of benzene rings is 2. The molecule has 2 aromatic carbocycles. The summed E-state index contributed by atoms with van der Waals surface area (Å²) >= 11 is 0. The van der Waals surface area contributed by atoms with Crippen LogP contribution in [0.2, 0.25) is 0 Å². The van der Waals surface area contributed by atoms with Gasteiger partial charge in [0.05, 0.1) is 18.8 Å².